The van der Waals surface area contributed by atoms with Crippen LogP contribution in [0.3, 0.4) is 0 Å². The highest BCUT2D eigenvalue weighted by molar-refractivity contribution is 5.61. The third-order valence-corrected chi connectivity index (χ3v) is 2.07. The van der Waals surface area contributed by atoms with Crippen molar-refractivity contribution in [3.8, 4) is 0 Å². The summed E-state index contributed by atoms with van der Waals surface area (Å²) in [5, 5.41) is 0. The Labute approximate surface area is 87.8 Å². The van der Waals surface area contributed by atoms with Crippen molar-refractivity contribution in [2.24, 2.45) is 0 Å². The molecule has 1 atom stereocenters. The maximum absolute atomic E-state index is 10.6. The van der Waals surface area contributed by atoms with Gasteiger partial charge in [0, 0.05) is 0 Å². The SMILES string of the molecule is O=C1OCC(COCc2ccccc2)O1. The molecule has 4 heteroatoms. The van der Waals surface area contributed by atoms with Gasteiger partial charge >= 0.3 is 6.16 Å². The topological polar surface area (TPSA) is 44.8 Å². The number of cyclic esters (lactones) is 2. The van der Waals surface area contributed by atoms with Crippen molar-refractivity contribution in [3.63, 3.8) is 0 Å². The first-order valence-corrected chi connectivity index (χ1v) is 4.79. The van der Waals surface area contributed by atoms with Crippen molar-refractivity contribution >= 4 is 6.16 Å². The van der Waals surface area contributed by atoms with Gasteiger partial charge in [-0.25, -0.2) is 4.79 Å². The minimum atomic E-state index is -0.608. The van der Waals surface area contributed by atoms with Gasteiger partial charge in [0.15, 0.2) is 6.10 Å². The van der Waals surface area contributed by atoms with E-state index in [0.29, 0.717) is 13.2 Å². The minimum Gasteiger partial charge on any atom is -0.430 e. The van der Waals surface area contributed by atoms with E-state index in [2.05, 4.69) is 4.74 Å². The normalized spacial score (nSPS) is 19.7. The first kappa shape index (κ1) is 9.98. The van der Waals surface area contributed by atoms with Gasteiger partial charge in [-0.05, 0) is 5.56 Å². The fourth-order valence-corrected chi connectivity index (χ4v) is 1.33. The molecule has 0 amide bonds. The Bertz CT molecular complexity index is 323. The molecule has 0 radical (unpaired) electrons. The molecule has 0 spiro atoms. The highest BCUT2D eigenvalue weighted by Crippen LogP contribution is 2.08. The van der Waals surface area contributed by atoms with E-state index in [1.54, 1.807) is 0 Å². The van der Waals surface area contributed by atoms with Gasteiger partial charge in [0.1, 0.15) is 6.61 Å². The van der Waals surface area contributed by atoms with E-state index >= 15 is 0 Å². The molecule has 0 bridgehead atoms. The predicted octanol–water partition coefficient (Wildman–Crippen LogP) is 1.74. The quantitative estimate of drug-likeness (QED) is 0.707. The van der Waals surface area contributed by atoms with E-state index in [9.17, 15) is 4.79 Å². The zero-order chi connectivity index (χ0) is 10.5. The van der Waals surface area contributed by atoms with Crippen LogP contribution in [0.4, 0.5) is 4.79 Å². The molecule has 15 heavy (non-hydrogen) atoms. The van der Waals surface area contributed by atoms with Gasteiger partial charge in [-0.3, -0.25) is 0 Å². The second kappa shape index (κ2) is 4.79. The van der Waals surface area contributed by atoms with Crippen LogP contribution in [0, 0.1) is 0 Å². The van der Waals surface area contributed by atoms with Crippen LogP contribution in [-0.4, -0.2) is 25.5 Å². The Morgan fingerprint density at radius 1 is 1.33 bits per heavy atom. The molecule has 1 aromatic rings. The number of hydrogen-bond donors (Lipinski definition) is 0. The van der Waals surface area contributed by atoms with E-state index in [1.807, 2.05) is 30.3 Å². The lowest BCUT2D eigenvalue weighted by Crippen LogP contribution is -2.17. The summed E-state index contributed by atoms with van der Waals surface area (Å²) in [6, 6.07) is 9.83. The van der Waals surface area contributed by atoms with Crippen molar-refractivity contribution in [2.45, 2.75) is 12.7 Å². The highest BCUT2D eigenvalue weighted by atomic mass is 16.8. The first-order valence-electron chi connectivity index (χ1n) is 4.79. The Balaban J connectivity index is 1.69. The van der Waals surface area contributed by atoms with E-state index in [4.69, 9.17) is 9.47 Å². The average Bonchev–Trinajstić information content (AvgIpc) is 2.66. The lowest BCUT2D eigenvalue weighted by atomic mass is 10.2. The molecular formula is C11H12O4. The Kier molecular flexibility index (Phi) is 3.19. The molecule has 1 saturated heterocycles. The number of hydrogen-bond acceptors (Lipinski definition) is 4. The molecule has 2 rings (SSSR count). The van der Waals surface area contributed by atoms with Crippen LogP contribution in [0.1, 0.15) is 5.56 Å². The molecule has 0 N–H and O–H groups in total. The second-order valence-electron chi connectivity index (χ2n) is 3.30. The molecule has 1 fully saturated rings. The van der Waals surface area contributed by atoms with E-state index in [-0.39, 0.29) is 12.7 Å². The first-order chi connectivity index (χ1) is 7.34. The third kappa shape index (κ3) is 2.95. The number of benzene rings is 1. The summed E-state index contributed by atoms with van der Waals surface area (Å²) >= 11 is 0. The van der Waals surface area contributed by atoms with Crippen molar-refractivity contribution in [1.82, 2.24) is 0 Å². The molecule has 80 valence electrons. The predicted molar refractivity (Wildman–Crippen MR) is 52.3 cm³/mol. The third-order valence-electron chi connectivity index (χ3n) is 2.07. The Morgan fingerprint density at radius 2 is 2.13 bits per heavy atom. The molecule has 1 aliphatic rings. The van der Waals surface area contributed by atoms with Gasteiger partial charge in [-0.1, -0.05) is 30.3 Å². The lowest BCUT2D eigenvalue weighted by molar-refractivity contribution is 0.0381. The lowest BCUT2D eigenvalue weighted by Gasteiger charge is -2.07. The van der Waals surface area contributed by atoms with Crippen molar-refractivity contribution in [2.75, 3.05) is 13.2 Å². The van der Waals surface area contributed by atoms with Gasteiger partial charge in [0.2, 0.25) is 0 Å². The maximum Gasteiger partial charge on any atom is 0.508 e. The van der Waals surface area contributed by atoms with Crippen LogP contribution in [-0.2, 0) is 20.8 Å². The molecule has 1 heterocycles. The van der Waals surface area contributed by atoms with Crippen molar-refractivity contribution < 1.29 is 19.0 Å². The maximum atomic E-state index is 10.6. The van der Waals surface area contributed by atoms with Crippen molar-refractivity contribution in [3.05, 3.63) is 35.9 Å². The van der Waals surface area contributed by atoms with Crippen LogP contribution in [0.15, 0.2) is 30.3 Å². The standard InChI is InChI=1S/C11H12O4/c12-11-14-8-10(15-11)7-13-6-9-4-2-1-3-5-9/h1-5,10H,6-8H2. The Hall–Kier alpha value is -1.55. The summed E-state index contributed by atoms with van der Waals surface area (Å²) in [6.45, 7) is 1.18. The van der Waals surface area contributed by atoms with Gasteiger partial charge < -0.3 is 14.2 Å². The van der Waals surface area contributed by atoms with Crippen molar-refractivity contribution in [1.29, 1.82) is 0 Å². The summed E-state index contributed by atoms with van der Waals surface area (Å²) in [5.41, 5.74) is 1.10. The molecule has 0 aliphatic carbocycles. The monoisotopic (exact) mass is 208 g/mol. The van der Waals surface area contributed by atoms with Gasteiger partial charge in [-0.2, -0.15) is 0 Å². The van der Waals surface area contributed by atoms with Gasteiger partial charge in [0.05, 0.1) is 13.2 Å². The Morgan fingerprint density at radius 3 is 2.80 bits per heavy atom. The fraction of sp³-hybridized carbons (Fsp3) is 0.364. The highest BCUT2D eigenvalue weighted by Gasteiger charge is 2.24. The fourth-order valence-electron chi connectivity index (χ4n) is 1.33. The molecule has 1 aliphatic heterocycles. The molecule has 0 aromatic heterocycles. The summed E-state index contributed by atoms with van der Waals surface area (Å²) in [6.07, 6.45) is -0.871. The smallest absolute Gasteiger partial charge is 0.430 e. The number of rotatable bonds is 4. The van der Waals surface area contributed by atoms with Gasteiger partial charge in [-0.15, -0.1) is 0 Å². The van der Waals surface area contributed by atoms with Crippen LogP contribution in [0.5, 0.6) is 0 Å². The molecule has 1 aromatic carbocycles. The summed E-state index contributed by atoms with van der Waals surface area (Å²) in [7, 11) is 0. The molecule has 4 nitrogen and oxygen atoms in total. The zero-order valence-corrected chi connectivity index (χ0v) is 8.22. The molecule has 0 saturated carbocycles. The second-order valence-corrected chi connectivity index (χ2v) is 3.30. The minimum absolute atomic E-state index is 0.263. The van der Waals surface area contributed by atoms with E-state index in [1.165, 1.54) is 0 Å². The average molecular weight is 208 g/mol. The van der Waals surface area contributed by atoms with Crippen LogP contribution in [0.25, 0.3) is 0 Å². The van der Waals surface area contributed by atoms with E-state index < -0.39 is 6.16 Å². The van der Waals surface area contributed by atoms with Crippen LogP contribution >= 0.6 is 0 Å². The number of ether oxygens (including phenoxy) is 3. The largest absolute Gasteiger partial charge is 0.508 e. The van der Waals surface area contributed by atoms with E-state index in [0.717, 1.165) is 5.56 Å². The van der Waals surface area contributed by atoms with Crippen LogP contribution in [0.2, 0.25) is 0 Å². The summed E-state index contributed by atoms with van der Waals surface area (Å²) in [4.78, 5) is 10.6. The summed E-state index contributed by atoms with van der Waals surface area (Å²) in [5.74, 6) is 0. The van der Waals surface area contributed by atoms with Crippen LogP contribution < -0.4 is 0 Å². The zero-order valence-electron chi connectivity index (χ0n) is 8.22. The molecular weight excluding hydrogens is 196 g/mol. The molecule has 1 unspecified atom stereocenters. The summed E-state index contributed by atoms with van der Waals surface area (Å²) < 4.78 is 14.8. The number of carbonyl (C=O) groups excluding carboxylic acids is 1. The van der Waals surface area contributed by atoms with Gasteiger partial charge in [0.25, 0.3) is 0 Å². The number of carbonyl (C=O) groups is 1.